The van der Waals surface area contributed by atoms with Crippen LogP contribution in [0.1, 0.15) is 28.4 Å². The van der Waals surface area contributed by atoms with Gasteiger partial charge in [-0.25, -0.2) is 8.42 Å². The normalized spacial score (nSPS) is 16.6. The van der Waals surface area contributed by atoms with Crippen molar-refractivity contribution >= 4 is 27.3 Å². The molecule has 1 aliphatic heterocycles. The Morgan fingerprint density at radius 1 is 1.28 bits per heavy atom. The van der Waals surface area contributed by atoms with E-state index in [1.807, 2.05) is 6.92 Å². The molecule has 0 aromatic heterocycles. The third-order valence-corrected chi connectivity index (χ3v) is 5.49. The van der Waals surface area contributed by atoms with Crippen molar-refractivity contribution in [2.45, 2.75) is 26.0 Å². The predicted octanol–water partition coefficient (Wildman–Crippen LogP) is 2.14. The van der Waals surface area contributed by atoms with Gasteiger partial charge in [-0.2, -0.15) is 0 Å². The number of carbonyl (C=O) groups excluding carboxylic acids is 1. The number of fused-ring (bicyclic) bond motifs is 1. The summed E-state index contributed by atoms with van der Waals surface area (Å²) in [7, 11) is -3.35. The van der Waals surface area contributed by atoms with Crippen LogP contribution in [0, 0.1) is 0 Å². The van der Waals surface area contributed by atoms with Gasteiger partial charge in [0.1, 0.15) is 0 Å². The van der Waals surface area contributed by atoms with Gasteiger partial charge in [-0.1, -0.05) is 12.1 Å². The summed E-state index contributed by atoms with van der Waals surface area (Å²) in [5.41, 5.74) is 3.26. The first-order valence-electron chi connectivity index (χ1n) is 7.93. The molecule has 25 heavy (non-hydrogen) atoms. The van der Waals surface area contributed by atoms with Crippen LogP contribution in [0.15, 0.2) is 42.5 Å². The second kappa shape index (κ2) is 6.50. The van der Waals surface area contributed by atoms with Crippen LogP contribution in [0.3, 0.4) is 0 Å². The summed E-state index contributed by atoms with van der Waals surface area (Å²) in [6.45, 7) is 1.75. The number of hydrogen-bond donors (Lipinski definition) is 2. The average Bonchev–Trinajstić information content (AvgIpc) is 2.89. The fraction of sp³-hybridized carbons (Fsp3) is 0.278. The van der Waals surface area contributed by atoms with E-state index in [-0.39, 0.29) is 18.6 Å². The quantitative estimate of drug-likeness (QED) is 0.875. The van der Waals surface area contributed by atoms with Crippen molar-refractivity contribution in [3.8, 4) is 0 Å². The molecule has 0 bridgehead atoms. The van der Waals surface area contributed by atoms with Gasteiger partial charge in [0.2, 0.25) is 10.0 Å². The largest absolute Gasteiger partial charge is 0.392 e. The number of nitrogens with one attached hydrogen (secondary N) is 1. The molecule has 2 aromatic rings. The molecule has 1 unspecified atom stereocenters. The van der Waals surface area contributed by atoms with Gasteiger partial charge in [-0.15, -0.1) is 0 Å². The Kier molecular flexibility index (Phi) is 4.53. The molecule has 2 aromatic carbocycles. The van der Waals surface area contributed by atoms with Crippen molar-refractivity contribution in [2.75, 3.05) is 15.9 Å². The van der Waals surface area contributed by atoms with Gasteiger partial charge in [-0.05, 0) is 54.8 Å². The van der Waals surface area contributed by atoms with Crippen LogP contribution < -0.4 is 9.62 Å². The number of hydrogen-bond acceptors (Lipinski definition) is 4. The van der Waals surface area contributed by atoms with Crippen molar-refractivity contribution in [2.24, 2.45) is 0 Å². The highest BCUT2D eigenvalue weighted by Crippen LogP contribution is 2.34. The van der Waals surface area contributed by atoms with Crippen LogP contribution in [0.5, 0.6) is 0 Å². The molecule has 0 radical (unpaired) electrons. The van der Waals surface area contributed by atoms with E-state index in [0.717, 1.165) is 5.56 Å². The molecule has 0 saturated carbocycles. The molecule has 1 heterocycles. The lowest BCUT2D eigenvalue weighted by Gasteiger charge is -2.21. The van der Waals surface area contributed by atoms with Crippen LogP contribution >= 0.6 is 0 Å². The predicted molar refractivity (Wildman–Crippen MR) is 97.2 cm³/mol. The monoisotopic (exact) mass is 360 g/mol. The molecule has 1 aliphatic rings. The third kappa shape index (κ3) is 3.52. The second-order valence-corrected chi connectivity index (χ2v) is 8.13. The van der Waals surface area contributed by atoms with Gasteiger partial charge in [0, 0.05) is 17.3 Å². The highest BCUT2D eigenvalue weighted by Gasteiger charge is 2.32. The number of sulfonamides is 1. The van der Waals surface area contributed by atoms with E-state index in [0.29, 0.717) is 28.9 Å². The highest BCUT2D eigenvalue weighted by atomic mass is 32.2. The molecule has 132 valence electrons. The van der Waals surface area contributed by atoms with E-state index in [9.17, 15) is 13.2 Å². The van der Waals surface area contributed by atoms with Crippen molar-refractivity contribution in [1.29, 1.82) is 0 Å². The number of nitrogens with zero attached hydrogens (tertiary/aromatic N) is 1. The summed E-state index contributed by atoms with van der Waals surface area (Å²) in [6.07, 6.45) is 1.76. The molecule has 0 fully saturated rings. The molecule has 7 heteroatoms. The number of benzene rings is 2. The van der Waals surface area contributed by atoms with Crippen LogP contribution in [-0.2, 0) is 23.1 Å². The Morgan fingerprint density at radius 2 is 2.04 bits per heavy atom. The Morgan fingerprint density at radius 3 is 2.72 bits per heavy atom. The molecule has 1 atom stereocenters. The van der Waals surface area contributed by atoms with Crippen LogP contribution in [0.4, 0.5) is 11.4 Å². The number of carbonyl (C=O) groups is 1. The second-order valence-electron chi connectivity index (χ2n) is 6.27. The molecule has 3 rings (SSSR count). The summed E-state index contributed by atoms with van der Waals surface area (Å²) in [5, 5.41) is 12.0. The van der Waals surface area contributed by atoms with E-state index in [4.69, 9.17) is 5.11 Å². The number of anilines is 2. The number of aliphatic hydroxyl groups excluding tert-OH is 1. The Balaban J connectivity index is 1.85. The standard InChI is InChI=1S/C18H20N2O4S/c1-12-8-15-10-14(6-7-17(15)20(12)25(2,23)24)18(22)19-16-5-3-4-13(9-16)11-21/h3-7,9-10,12,21H,8,11H2,1-2H3,(H,19,22). The fourth-order valence-electron chi connectivity index (χ4n) is 3.20. The van der Waals surface area contributed by atoms with Gasteiger partial charge < -0.3 is 10.4 Å². The summed E-state index contributed by atoms with van der Waals surface area (Å²) in [5.74, 6) is -0.275. The van der Waals surface area contributed by atoms with Crippen LogP contribution in [0.2, 0.25) is 0 Å². The van der Waals surface area contributed by atoms with Crippen molar-refractivity contribution in [3.05, 3.63) is 59.2 Å². The number of rotatable bonds is 4. The first-order chi connectivity index (χ1) is 11.8. The Bertz CT molecular complexity index is 924. The first kappa shape index (κ1) is 17.4. The maximum absolute atomic E-state index is 12.5. The molecule has 0 spiro atoms. The van der Waals surface area contributed by atoms with E-state index >= 15 is 0 Å². The number of aliphatic hydroxyl groups is 1. The zero-order valence-electron chi connectivity index (χ0n) is 14.1. The van der Waals surface area contributed by atoms with E-state index in [1.54, 1.807) is 42.5 Å². The summed E-state index contributed by atoms with van der Waals surface area (Å²) >= 11 is 0. The first-order valence-corrected chi connectivity index (χ1v) is 9.78. The summed E-state index contributed by atoms with van der Waals surface area (Å²) in [6, 6.07) is 11.9. The molecule has 0 saturated heterocycles. The third-order valence-electron chi connectivity index (χ3n) is 4.22. The maximum Gasteiger partial charge on any atom is 0.255 e. The minimum atomic E-state index is -3.35. The van der Waals surface area contributed by atoms with Gasteiger partial charge in [0.25, 0.3) is 5.91 Å². The lowest BCUT2D eigenvalue weighted by atomic mass is 10.1. The van der Waals surface area contributed by atoms with Crippen molar-refractivity contribution in [3.63, 3.8) is 0 Å². The highest BCUT2D eigenvalue weighted by molar-refractivity contribution is 7.92. The van der Waals surface area contributed by atoms with Gasteiger partial charge >= 0.3 is 0 Å². The molecule has 0 aliphatic carbocycles. The van der Waals surface area contributed by atoms with E-state index in [1.165, 1.54) is 10.6 Å². The van der Waals surface area contributed by atoms with Crippen LogP contribution in [-0.4, -0.2) is 31.7 Å². The SMILES string of the molecule is CC1Cc2cc(C(=O)Nc3cccc(CO)c3)ccc2N1S(C)(=O)=O. The van der Waals surface area contributed by atoms with Crippen LogP contribution in [0.25, 0.3) is 0 Å². The molecule has 2 N–H and O–H groups in total. The van der Waals surface area contributed by atoms with Gasteiger partial charge in [0.15, 0.2) is 0 Å². The van der Waals surface area contributed by atoms with Gasteiger partial charge in [0.05, 0.1) is 18.6 Å². The van der Waals surface area contributed by atoms with Crippen molar-refractivity contribution in [1.82, 2.24) is 0 Å². The zero-order chi connectivity index (χ0) is 18.2. The lowest BCUT2D eigenvalue weighted by molar-refractivity contribution is 0.102. The molecule has 1 amide bonds. The zero-order valence-corrected chi connectivity index (χ0v) is 14.9. The van der Waals surface area contributed by atoms with Gasteiger partial charge in [-0.3, -0.25) is 9.10 Å². The molecular formula is C18H20N2O4S. The topological polar surface area (TPSA) is 86.7 Å². The summed E-state index contributed by atoms with van der Waals surface area (Å²) in [4.78, 5) is 12.5. The van der Waals surface area contributed by atoms with E-state index < -0.39 is 10.0 Å². The molecular weight excluding hydrogens is 340 g/mol. The maximum atomic E-state index is 12.5. The summed E-state index contributed by atoms with van der Waals surface area (Å²) < 4.78 is 25.3. The minimum Gasteiger partial charge on any atom is -0.392 e. The fourth-order valence-corrected chi connectivity index (χ4v) is 4.46. The molecule has 6 nitrogen and oxygen atoms in total. The minimum absolute atomic E-state index is 0.0955. The Labute approximate surface area is 147 Å². The number of amides is 1. The van der Waals surface area contributed by atoms with Crippen molar-refractivity contribution < 1.29 is 18.3 Å². The Hall–Kier alpha value is -2.38. The van der Waals surface area contributed by atoms with E-state index in [2.05, 4.69) is 5.32 Å². The smallest absolute Gasteiger partial charge is 0.255 e. The average molecular weight is 360 g/mol. The lowest BCUT2D eigenvalue weighted by Crippen LogP contribution is -2.34.